The minimum Gasteiger partial charge on any atom is -0.415 e. The average molecular weight is 626 g/mol. The van der Waals surface area contributed by atoms with E-state index in [0.717, 1.165) is 37.0 Å². The maximum absolute atomic E-state index is 13.9. The number of aromatic nitrogens is 4. The van der Waals surface area contributed by atoms with Crippen molar-refractivity contribution in [3.8, 4) is 23.0 Å². The lowest BCUT2D eigenvalue weighted by Crippen LogP contribution is -2.40. The monoisotopic (exact) mass is 625 g/mol. The normalized spacial score (nSPS) is 20.3. The number of sulfonamides is 1. The van der Waals surface area contributed by atoms with Crippen LogP contribution in [0, 0.1) is 5.41 Å². The van der Waals surface area contributed by atoms with Gasteiger partial charge < -0.3 is 19.3 Å². The molecule has 3 aliphatic rings. The molecule has 1 saturated carbocycles. The van der Waals surface area contributed by atoms with Crippen molar-refractivity contribution in [2.45, 2.75) is 49.7 Å². The summed E-state index contributed by atoms with van der Waals surface area (Å²) in [7, 11) is -4.05. The van der Waals surface area contributed by atoms with Crippen LogP contribution >= 0.6 is 0 Å². The molecule has 11 nitrogen and oxygen atoms in total. The Bertz CT molecular complexity index is 1810. The van der Waals surface area contributed by atoms with Crippen LogP contribution in [-0.4, -0.2) is 72.4 Å². The SMILES string of the molecule is NS(=O)(=O)C(CO)c1ccc(-c2nnc(-c3cc4cccnc4c(N4CCC(F)(F)CC4)n3)o2)c(N2CCC3(CC2)CC3)c1. The second kappa shape index (κ2) is 10.7. The molecule has 1 spiro atoms. The zero-order chi connectivity index (χ0) is 30.7. The third-order valence-electron chi connectivity index (χ3n) is 9.32. The molecule has 1 aliphatic carbocycles. The van der Waals surface area contributed by atoms with Crippen LogP contribution in [0.4, 0.5) is 20.3 Å². The van der Waals surface area contributed by atoms with E-state index in [9.17, 15) is 22.3 Å². The Morgan fingerprint density at radius 3 is 2.34 bits per heavy atom. The van der Waals surface area contributed by atoms with Crippen molar-refractivity contribution in [2.24, 2.45) is 10.6 Å². The summed E-state index contributed by atoms with van der Waals surface area (Å²) in [5.41, 5.74) is 3.12. The fourth-order valence-electron chi connectivity index (χ4n) is 6.37. The second-order valence-electron chi connectivity index (χ2n) is 12.2. The third-order valence-corrected chi connectivity index (χ3v) is 10.5. The number of aliphatic hydroxyl groups excluding tert-OH is 1. The zero-order valence-electron chi connectivity index (χ0n) is 24.0. The maximum atomic E-state index is 13.9. The Hall–Kier alpha value is -3.75. The van der Waals surface area contributed by atoms with Crippen molar-refractivity contribution in [3.05, 3.63) is 48.2 Å². The molecular formula is C30H33F2N7O4S. The lowest BCUT2D eigenvalue weighted by atomic mass is 9.92. The summed E-state index contributed by atoms with van der Waals surface area (Å²) < 4.78 is 58.5. The van der Waals surface area contributed by atoms with Crippen molar-refractivity contribution in [2.75, 3.05) is 42.6 Å². The molecule has 3 fully saturated rings. The second-order valence-corrected chi connectivity index (χ2v) is 13.9. The van der Waals surface area contributed by atoms with E-state index in [1.165, 1.54) is 12.8 Å². The van der Waals surface area contributed by atoms with Crippen molar-refractivity contribution >= 4 is 32.4 Å². The number of pyridine rings is 2. The van der Waals surface area contributed by atoms with Gasteiger partial charge in [-0.1, -0.05) is 12.1 Å². The largest absolute Gasteiger partial charge is 0.415 e. The maximum Gasteiger partial charge on any atom is 0.266 e. The van der Waals surface area contributed by atoms with E-state index in [1.807, 2.05) is 11.0 Å². The van der Waals surface area contributed by atoms with E-state index in [2.05, 4.69) is 20.1 Å². The number of primary sulfonamides is 1. The first-order valence-electron chi connectivity index (χ1n) is 14.8. The van der Waals surface area contributed by atoms with E-state index in [4.69, 9.17) is 14.5 Å². The number of benzene rings is 1. The van der Waals surface area contributed by atoms with Gasteiger partial charge in [0.2, 0.25) is 15.9 Å². The number of hydrogen-bond acceptors (Lipinski definition) is 10. The highest BCUT2D eigenvalue weighted by Gasteiger charge is 2.45. The van der Waals surface area contributed by atoms with E-state index in [-0.39, 0.29) is 37.7 Å². The first kappa shape index (κ1) is 29.0. The molecule has 0 bridgehead atoms. The molecule has 7 rings (SSSR count). The van der Waals surface area contributed by atoms with E-state index >= 15 is 0 Å². The van der Waals surface area contributed by atoms with Gasteiger partial charge in [-0.25, -0.2) is 27.3 Å². The molecule has 5 heterocycles. The molecule has 232 valence electrons. The number of aliphatic hydroxyl groups is 1. The van der Waals surface area contributed by atoms with Crippen molar-refractivity contribution in [1.82, 2.24) is 20.2 Å². The van der Waals surface area contributed by atoms with Gasteiger partial charge in [-0.2, -0.15) is 0 Å². The Morgan fingerprint density at radius 2 is 1.66 bits per heavy atom. The number of hydrogen-bond donors (Lipinski definition) is 2. The number of halogens is 2. The average Bonchev–Trinajstić information content (AvgIpc) is 3.56. The summed E-state index contributed by atoms with van der Waals surface area (Å²) in [4.78, 5) is 13.2. The molecule has 44 heavy (non-hydrogen) atoms. The van der Waals surface area contributed by atoms with Crippen LogP contribution in [0.1, 0.15) is 49.3 Å². The molecule has 14 heteroatoms. The number of nitrogens with zero attached hydrogens (tertiary/aromatic N) is 6. The summed E-state index contributed by atoms with van der Waals surface area (Å²) >= 11 is 0. The van der Waals surface area contributed by atoms with Gasteiger partial charge in [0.15, 0.2) is 5.82 Å². The van der Waals surface area contributed by atoms with Crippen molar-refractivity contribution in [1.29, 1.82) is 0 Å². The quantitative estimate of drug-likeness (QED) is 0.304. The highest BCUT2D eigenvalue weighted by atomic mass is 32.2. The van der Waals surface area contributed by atoms with Crippen LogP contribution in [0.3, 0.4) is 0 Å². The predicted molar refractivity (Wildman–Crippen MR) is 161 cm³/mol. The number of alkyl halides is 2. The molecule has 1 atom stereocenters. The lowest BCUT2D eigenvalue weighted by molar-refractivity contribution is -0.0221. The Morgan fingerprint density at radius 1 is 0.955 bits per heavy atom. The van der Waals surface area contributed by atoms with E-state index in [0.29, 0.717) is 33.6 Å². The zero-order valence-corrected chi connectivity index (χ0v) is 24.8. The molecule has 0 amide bonds. The molecule has 1 unspecified atom stereocenters. The first-order chi connectivity index (χ1) is 21.0. The van der Waals surface area contributed by atoms with Gasteiger partial charge in [-0.05, 0) is 60.9 Å². The van der Waals surface area contributed by atoms with Crippen molar-refractivity contribution < 1.29 is 26.7 Å². The minimum atomic E-state index is -4.05. The number of fused-ring (bicyclic) bond motifs is 1. The minimum absolute atomic E-state index is 0.143. The summed E-state index contributed by atoms with van der Waals surface area (Å²) in [6.45, 7) is 1.21. The van der Waals surface area contributed by atoms with Gasteiger partial charge in [0.25, 0.3) is 11.8 Å². The summed E-state index contributed by atoms with van der Waals surface area (Å²) in [6, 6.07) is 10.5. The number of rotatable bonds is 7. The lowest BCUT2D eigenvalue weighted by Gasteiger charge is -2.35. The van der Waals surface area contributed by atoms with E-state index < -0.39 is 27.8 Å². The summed E-state index contributed by atoms with van der Waals surface area (Å²) in [6.07, 6.45) is 5.64. The van der Waals surface area contributed by atoms with Crippen LogP contribution < -0.4 is 14.9 Å². The van der Waals surface area contributed by atoms with E-state index in [1.54, 1.807) is 36.5 Å². The molecule has 2 saturated heterocycles. The standard InChI is InChI=1S/C30H33F2N7O4S/c31-30(32)9-14-39(15-10-30)26-25-20(2-1-11-34-25)16-22(35-26)28-37-36-27(43-28)21-4-3-19(24(18-40)44(33,41)42)17-23(21)38-12-7-29(5-6-29)8-13-38/h1-4,11,16-17,24,40H,5-10,12-15,18H2,(H2,33,41,42). The Labute approximate surface area is 253 Å². The van der Waals surface area contributed by atoms with Gasteiger partial charge >= 0.3 is 0 Å². The third kappa shape index (κ3) is 5.50. The van der Waals surface area contributed by atoms with Gasteiger partial charge in [-0.3, -0.25) is 4.98 Å². The fourth-order valence-corrected chi connectivity index (χ4v) is 7.10. The van der Waals surface area contributed by atoms with Crippen LogP contribution in [-0.2, 0) is 10.0 Å². The number of anilines is 2. The molecule has 3 aromatic heterocycles. The first-order valence-corrected chi connectivity index (χ1v) is 16.4. The number of nitrogens with two attached hydrogens (primary N) is 1. The Balaban J connectivity index is 1.27. The molecule has 1 aromatic carbocycles. The Kier molecular flexibility index (Phi) is 7.05. The van der Waals surface area contributed by atoms with Crippen LogP contribution in [0.2, 0.25) is 0 Å². The van der Waals surface area contributed by atoms with Gasteiger partial charge in [0, 0.05) is 56.3 Å². The van der Waals surface area contributed by atoms with Crippen LogP contribution in [0.5, 0.6) is 0 Å². The van der Waals surface area contributed by atoms with Crippen LogP contribution in [0.25, 0.3) is 33.9 Å². The van der Waals surface area contributed by atoms with Gasteiger partial charge in [0.05, 0.1) is 12.2 Å². The predicted octanol–water partition coefficient (Wildman–Crippen LogP) is 4.28. The van der Waals surface area contributed by atoms with Gasteiger partial charge in [-0.15, -0.1) is 10.2 Å². The molecular weight excluding hydrogens is 592 g/mol. The smallest absolute Gasteiger partial charge is 0.266 e. The number of piperidine rings is 2. The fraction of sp³-hybridized carbons (Fsp3) is 0.467. The summed E-state index contributed by atoms with van der Waals surface area (Å²) in [5, 5.41) is 23.4. The summed E-state index contributed by atoms with van der Waals surface area (Å²) in [5.74, 6) is -1.85. The topological polar surface area (TPSA) is 152 Å². The molecule has 3 N–H and O–H groups in total. The van der Waals surface area contributed by atoms with Gasteiger partial charge in [0.1, 0.15) is 16.5 Å². The highest BCUT2D eigenvalue weighted by molar-refractivity contribution is 7.89. The molecule has 0 radical (unpaired) electrons. The van der Waals surface area contributed by atoms with Crippen LogP contribution in [0.15, 0.2) is 47.0 Å². The highest BCUT2D eigenvalue weighted by Crippen LogP contribution is 2.54. The van der Waals surface area contributed by atoms with Crippen molar-refractivity contribution in [3.63, 3.8) is 0 Å². The molecule has 4 aromatic rings. The molecule has 2 aliphatic heterocycles.